The summed E-state index contributed by atoms with van der Waals surface area (Å²) in [6.45, 7) is 1.34. The molecule has 2 aromatic carbocycles. The fourth-order valence-electron chi connectivity index (χ4n) is 3.76. The van der Waals surface area contributed by atoms with E-state index in [9.17, 15) is 18.1 Å². The number of sulfonamides is 1. The summed E-state index contributed by atoms with van der Waals surface area (Å²) in [5, 5.41) is 16.5. The number of nitrogens with one attached hydrogen (secondary N) is 3. The summed E-state index contributed by atoms with van der Waals surface area (Å²) in [6, 6.07) is 7.37. The first-order chi connectivity index (χ1) is 17.2. The number of fused-ring (bicyclic) bond motifs is 1. The number of halogens is 3. The second-order valence-electron chi connectivity index (χ2n) is 7.70. The molecule has 0 saturated carbocycles. The van der Waals surface area contributed by atoms with Crippen LogP contribution in [0.5, 0.6) is 0 Å². The number of benzene rings is 2. The van der Waals surface area contributed by atoms with Crippen molar-refractivity contribution in [3.8, 4) is 28.7 Å². The van der Waals surface area contributed by atoms with Crippen LogP contribution in [0.15, 0.2) is 53.8 Å². The number of aromatic nitrogens is 5. The number of anilines is 1. The third-order valence-electron chi connectivity index (χ3n) is 5.43. The van der Waals surface area contributed by atoms with E-state index in [1.54, 1.807) is 12.3 Å². The van der Waals surface area contributed by atoms with Gasteiger partial charge in [-0.15, -0.1) is 0 Å². The van der Waals surface area contributed by atoms with Crippen LogP contribution in [0.1, 0.15) is 11.3 Å². The molecular formula is C23H14F3N7O2S. The topological polar surface area (TPSA) is 140 Å². The molecule has 0 aliphatic rings. The van der Waals surface area contributed by atoms with Crippen LogP contribution in [0.4, 0.5) is 18.9 Å². The summed E-state index contributed by atoms with van der Waals surface area (Å²) in [5.74, 6) is -2.52. The molecule has 13 heteroatoms. The number of hydrogen-bond acceptors (Lipinski definition) is 6. The number of nitrogens with zero attached hydrogens (tertiary/aromatic N) is 4. The van der Waals surface area contributed by atoms with Gasteiger partial charge >= 0.3 is 0 Å². The van der Waals surface area contributed by atoms with Crippen molar-refractivity contribution >= 4 is 26.6 Å². The summed E-state index contributed by atoms with van der Waals surface area (Å²) in [6.07, 6.45) is 3.94. The Morgan fingerprint density at radius 3 is 2.58 bits per heavy atom. The van der Waals surface area contributed by atoms with E-state index < -0.39 is 38.1 Å². The lowest BCUT2D eigenvalue weighted by Crippen LogP contribution is -2.16. The average Bonchev–Trinajstić information content (AvgIpc) is 3.52. The van der Waals surface area contributed by atoms with E-state index in [1.807, 2.05) is 4.72 Å². The van der Waals surface area contributed by atoms with Crippen LogP contribution in [-0.2, 0) is 10.0 Å². The number of hydrogen-bond donors (Lipinski definition) is 3. The third-order valence-corrected chi connectivity index (χ3v) is 6.91. The molecule has 0 bridgehead atoms. The van der Waals surface area contributed by atoms with Crippen LogP contribution < -0.4 is 4.72 Å². The molecule has 0 aliphatic heterocycles. The van der Waals surface area contributed by atoms with E-state index in [2.05, 4.69) is 25.1 Å². The molecule has 0 unspecified atom stereocenters. The predicted molar refractivity (Wildman–Crippen MR) is 123 cm³/mol. The summed E-state index contributed by atoms with van der Waals surface area (Å²) in [7, 11) is -4.50. The maximum absolute atomic E-state index is 15.6. The molecule has 5 aromatic rings. The van der Waals surface area contributed by atoms with Crippen LogP contribution in [0.3, 0.4) is 0 Å². The first-order valence-electron chi connectivity index (χ1n) is 10.2. The maximum atomic E-state index is 15.6. The summed E-state index contributed by atoms with van der Waals surface area (Å²) < 4.78 is 72.5. The number of imidazole rings is 1. The fourth-order valence-corrected chi connectivity index (χ4v) is 5.02. The standard InChI is InChI=1S/C23H14F3N7O2S/c1-11-18(8-13(24)10-30-11)36(34,35)33-17-7-12(9-27)6-16(19(17)25)14-2-3-15-21(20(14)26)31-32-22(15)23-28-4-5-29-23/h2-8,10,33H,1H3,(H,28,29)(H,31,32). The molecule has 180 valence electrons. The zero-order valence-corrected chi connectivity index (χ0v) is 19.1. The lowest BCUT2D eigenvalue weighted by Gasteiger charge is -2.14. The lowest BCUT2D eigenvalue weighted by atomic mass is 9.99. The molecule has 3 aromatic heterocycles. The SMILES string of the molecule is Cc1ncc(F)cc1S(=O)(=O)Nc1cc(C#N)cc(-c2ccc3c(-c4ncc[nH]4)[nH]nc3c2F)c1F. The van der Waals surface area contributed by atoms with Crippen molar-refractivity contribution in [3.05, 3.63) is 77.6 Å². The second-order valence-corrected chi connectivity index (χ2v) is 9.35. The molecule has 9 nitrogen and oxygen atoms in total. The summed E-state index contributed by atoms with van der Waals surface area (Å²) in [4.78, 5) is 10.1. The molecule has 0 saturated heterocycles. The minimum absolute atomic E-state index is 0.0247. The van der Waals surface area contributed by atoms with Crippen LogP contribution >= 0.6 is 0 Å². The lowest BCUT2D eigenvalue weighted by molar-refractivity contribution is 0.589. The van der Waals surface area contributed by atoms with Gasteiger partial charge in [0.15, 0.2) is 17.5 Å². The molecule has 0 aliphatic carbocycles. The average molecular weight is 509 g/mol. The van der Waals surface area contributed by atoms with Gasteiger partial charge in [0.2, 0.25) is 0 Å². The highest BCUT2D eigenvalue weighted by Crippen LogP contribution is 2.36. The number of pyridine rings is 1. The van der Waals surface area contributed by atoms with Gasteiger partial charge in [-0.1, -0.05) is 6.07 Å². The normalized spacial score (nSPS) is 11.5. The van der Waals surface area contributed by atoms with Gasteiger partial charge in [-0.25, -0.2) is 26.6 Å². The molecule has 3 heterocycles. The maximum Gasteiger partial charge on any atom is 0.263 e. The van der Waals surface area contributed by atoms with Gasteiger partial charge < -0.3 is 4.98 Å². The molecule has 0 fully saturated rings. The van der Waals surface area contributed by atoms with Crippen molar-refractivity contribution < 1.29 is 21.6 Å². The van der Waals surface area contributed by atoms with Gasteiger partial charge in [0.25, 0.3) is 10.0 Å². The smallest absolute Gasteiger partial charge is 0.263 e. The molecule has 36 heavy (non-hydrogen) atoms. The van der Waals surface area contributed by atoms with Crippen molar-refractivity contribution in [3.63, 3.8) is 0 Å². The largest absolute Gasteiger partial charge is 0.343 e. The van der Waals surface area contributed by atoms with E-state index in [0.717, 1.165) is 24.4 Å². The number of nitriles is 1. The Morgan fingerprint density at radius 2 is 1.86 bits per heavy atom. The minimum atomic E-state index is -4.50. The van der Waals surface area contributed by atoms with Crippen LogP contribution in [0.25, 0.3) is 33.5 Å². The highest BCUT2D eigenvalue weighted by atomic mass is 32.2. The fraction of sp³-hybridized carbons (Fsp3) is 0.0435. The van der Waals surface area contributed by atoms with Crippen molar-refractivity contribution in [1.29, 1.82) is 5.26 Å². The second kappa shape index (κ2) is 8.51. The van der Waals surface area contributed by atoms with E-state index in [4.69, 9.17) is 0 Å². The van der Waals surface area contributed by atoms with Gasteiger partial charge in [-0.05, 0) is 31.2 Å². The number of aryl methyl sites for hydroxylation is 1. The highest BCUT2D eigenvalue weighted by molar-refractivity contribution is 7.92. The number of rotatable bonds is 5. The minimum Gasteiger partial charge on any atom is -0.343 e. The zero-order chi connectivity index (χ0) is 25.6. The first-order valence-corrected chi connectivity index (χ1v) is 11.7. The Morgan fingerprint density at radius 1 is 1.06 bits per heavy atom. The van der Waals surface area contributed by atoms with Crippen molar-refractivity contribution in [1.82, 2.24) is 25.1 Å². The van der Waals surface area contributed by atoms with Crippen molar-refractivity contribution in [2.45, 2.75) is 11.8 Å². The third kappa shape index (κ3) is 3.83. The molecule has 0 amide bonds. The van der Waals surface area contributed by atoms with E-state index in [-0.39, 0.29) is 27.9 Å². The monoisotopic (exact) mass is 509 g/mol. The molecule has 0 atom stereocenters. The molecule has 5 rings (SSSR count). The molecular weight excluding hydrogens is 495 g/mol. The quantitative estimate of drug-likeness (QED) is 0.321. The van der Waals surface area contributed by atoms with Crippen molar-refractivity contribution in [2.75, 3.05) is 4.72 Å². The van der Waals surface area contributed by atoms with Crippen LogP contribution in [-0.4, -0.2) is 33.6 Å². The van der Waals surface area contributed by atoms with E-state index >= 15 is 8.78 Å². The summed E-state index contributed by atoms with van der Waals surface area (Å²) >= 11 is 0. The molecule has 0 radical (unpaired) electrons. The van der Waals surface area contributed by atoms with E-state index in [0.29, 0.717) is 16.9 Å². The Hall–Kier alpha value is -4.70. The highest BCUT2D eigenvalue weighted by Gasteiger charge is 2.25. The Labute approximate surface area is 201 Å². The van der Waals surface area contributed by atoms with Gasteiger partial charge in [0.05, 0.1) is 29.2 Å². The van der Waals surface area contributed by atoms with Crippen LogP contribution in [0.2, 0.25) is 0 Å². The molecule has 0 spiro atoms. The van der Waals surface area contributed by atoms with Gasteiger partial charge in [0.1, 0.15) is 21.9 Å². The number of aromatic amines is 2. The Balaban J connectivity index is 1.63. The van der Waals surface area contributed by atoms with Crippen LogP contribution in [0, 0.1) is 35.7 Å². The predicted octanol–water partition coefficient (Wildman–Crippen LogP) is 4.41. The molecule has 3 N–H and O–H groups in total. The Kier molecular flexibility index (Phi) is 5.45. The number of H-pyrrole nitrogens is 2. The van der Waals surface area contributed by atoms with E-state index in [1.165, 1.54) is 25.3 Å². The van der Waals surface area contributed by atoms with Gasteiger partial charge in [0, 0.05) is 28.9 Å². The zero-order valence-electron chi connectivity index (χ0n) is 18.3. The Bertz CT molecular complexity index is 1790. The first kappa shape index (κ1) is 23.1. The van der Waals surface area contributed by atoms with Crippen molar-refractivity contribution in [2.24, 2.45) is 0 Å². The van der Waals surface area contributed by atoms with Gasteiger partial charge in [-0.2, -0.15) is 10.4 Å². The summed E-state index contributed by atoms with van der Waals surface area (Å²) in [5.41, 5.74) is -1.10. The van der Waals surface area contributed by atoms with Gasteiger partial charge in [-0.3, -0.25) is 14.8 Å².